The fourth-order valence-corrected chi connectivity index (χ4v) is 2.72. The van der Waals surface area contributed by atoms with E-state index in [-0.39, 0.29) is 0 Å². The normalized spacial score (nSPS) is 18.6. The average molecular weight is 301 g/mol. The standard InChI is InChI=1S/C17H27N5/c1-2-18-17(20-11-14-5-6-14)21-13-15-7-8-16(19-12-15)22-9-3-4-10-22/h7-8,12,14H,2-6,9-11,13H2,1H3,(H2,18,20,21). The summed E-state index contributed by atoms with van der Waals surface area (Å²) in [6, 6.07) is 4.27. The lowest BCUT2D eigenvalue weighted by atomic mass is 10.3. The topological polar surface area (TPSA) is 52.6 Å². The van der Waals surface area contributed by atoms with Gasteiger partial charge in [0, 0.05) is 32.4 Å². The number of rotatable bonds is 6. The number of nitrogens with one attached hydrogen (secondary N) is 2. The molecule has 5 nitrogen and oxygen atoms in total. The van der Waals surface area contributed by atoms with E-state index in [1.807, 2.05) is 6.20 Å². The van der Waals surface area contributed by atoms with Crippen molar-refractivity contribution in [3.05, 3.63) is 23.9 Å². The summed E-state index contributed by atoms with van der Waals surface area (Å²) in [4.78, 5) is 11.6. The van der Waals surface area contributed by atoms with E-state index in [1.165, 1.54) is 25.7 Å². The van der Waals surface area contributed by atoms with Crippen LogP contribution in [0.25, 0.3) is 0 Å². The molecule has 1 aliphatic carbocycles. The van der Waals surface area contributed by atoms with Gasteiger partial charge >= 0.3 is 0 Å². The Morgan fingerprint density at radius 2 is 2.09 bits per heavy atom. The summed E-state index contributed by atoms with van der Waals surface area (Å²) in [5, 5.41) is 6.72. The monoisotopic (exact) mass is 301 g/mol. The molecule has 2 fully saturated rings. The molecule has 5 heteroatoms. The molecule has 22 heavy (non-hydrogen) atoms. The Labute approximate surface area is 133 Å². The van der Waals surface area contributed by atoms with Gasteiger partial charge in [-0.15, -0.1) is 0 Å². The lowest BCUT2D eigenvalue weighted by molar-refractivity contribution is 0.739. The molecule has 2 heterocycles. The number of aliphatic imine (C=N–C) groups is 1. The summed E-state index contributed by atoms with van der Waals surface area (Å²) in [7, 11) is 0. The molecule has 0 bridgehead atoms. The van der Waals surface area contributed by atoms with Crippen LogP contribution in [0.1, 0.15) is 38.2 Å². The molecule has 1 saturated carbocycles. The maximum Gasteiger partial charge on any atom is 0.191 e. The van der Waals surface area contributed by atoms with Crippen LogP contribution in [0, 0.1) is 5.92 Å². The lowest BCUT2D eigenvalue weighted by Crippen LogP contribution is -2.38. The van der Waals surface area contributed by atoms with Crippen LogP contribution >= 0.6 is 0 Å². The third kappa shape index (κ3) is 4.36. The van der Waals surface area contributed by atoms with Gasteiger partial charge in [0.2, 0.25) is 0 Å². The second kappa shape index (κ2) is 7.47. The molecule has 0 atom stereocenters. The number of anilines is 1. The predicted molar refractivity (Wildman–Crippen MR) is 91.2 cm³/mol. The van der Waals surface area contributed by atoms with Crippen LogP contribution in [0.4, 0.5) is 5.82 Å². The number of pyridine rings is 1. The van der Waals surface area contributed by atoms with Gasteiger partial charge in [-0.25, -0.2) is 9.98 Å². The van der Waals surface area contributed by atoms with E-state index in [0.29, 0.717) is 6.54 Å². The highest BCUT2D eigenvalue weighted by Gasteiger charge is 2.21. The fourth-order valence-electron chi connectivity index (χ4n) is 2.72. The second-order valence-corrected chi connectivity index (χ2v) is 6.24. The van der Waals surface area contributed by atoms with Crippen molar-refractivity contribution in [3.8, 4) is 0 Å². The minimum absolute atomic E-state index is 0.674. The van der Waals surface area contributed by atoms with Gasteiger partial charge in [-0.05, 0) is 50.2 Å². The molecule has 0 spiro atoms. The van der Waals surface area contributed by atoms with E-state index in [9.17, 15) is 0 Å². The van der Waals surface area contributed by atoms with Crippen LogP contribution in [0.5, 0.6) is 0 Å². The Morgan fingerprint density at radius 3 is 2.73 bits per heavy atom. The van der Waals surface area contributed by atoms with E-state index < -0.39 is 0 Å². The number of aromatic nitrogens is 1. The minimum Gasteiger partial charge on any atom is -0.357 e. The Morgan fingerprint density at radius 1 is 1.27 bits per heavy atom. The first-order valence-corrected chi connectivity index (χ1v) is 8.57. The summed E-state index contributed by atoms with van der Waals surface area (Å²) in [6.07, 6.45) is 7.24. The molecular formula is C17H27N5. The van der Waals surface area contributed by atoms with Crippen molar-refractivity contribution in [1.82, 2.24) is 15.6 Å². The van der Waals surface area contributed by atoms with Crippen LogP contribution in [0.3, 0.4) is 0 Å². The number of hydrogen-bond acceptors (Lipinski definition) is 3. The van der Waals surface area contributed by atoms with Crippen molar-refractivity contribution < 1.29 is 0 Å². The van der Waals surface area contributed by atoms with Crippen LogP contribution in [0.2, 0.25) is 0 Å². The predicted octanol–water partition coefficient (Wildman–Crippen LogP) is 2.15. The zero-order valence-electron chi connectivity index (χ0n) is 13.5. The summed E-state index contributed by atoms with van der Waals surface area (Å²) in [5.41, 5.74) is 1.16. The van der Waals surface area contributed by atoms with Gasteiger partial charge in [-0.3, -0.25) is 0 Å². The number of hydrogen-bond donors (Lipinski definition) is 2. The third-order valence-electron chi connectivity index (χ3n) is 4.26. The largest absolute Gasteiger partial charge is 0.357 e. The third-order valence-corrected chi connectivity index (χ3v) is 4.26. The summed E-state index contributed by atoms with van der Waals surface area (Å²) < 4.78 is 0. The van der Waals surface area contributed by atoms with Crippen LogP contribution in [-0.2, 0) is 6.54 Å². The van der Waals surface area contributed by atoms with E-state index in [4.69, 9.17) is 0 Å². The second-order valence-electron chi connectivity index (χ2n) is 6.24. The maximum absolute atomic E-state index is 4.65. The van der Waals surface area contributed by atoms with Gasteiger partial charge < -0.3 is 15.5 Å². The highest BCUT2D eigenvalue weighted by atomic mass is 15.2. The first-order chi connectivity index (χ1) is 10.8. The molecule has 3 rings (SSSR count). The van der Waals surface area contributed by atoms with Crippen molar-refractivity contribution in [2.24, 2.45) is 10.9 Å². The lowest BCUT2D eigenvalue weighted by Gasteiger charge is -2.16. The van der Waals surface area contributed by atoms with Crippen molar-refractivity contribution in [2.75, 3.05) is 31.1 Å². The highest BCUT2D eigenvalue weighted by Crippen LogP contribution is 2.27. The Hall–Kier alpha value is -1.78. The van der Waals surface area contributed by atoms with Crippen LogP contribution in [-0.4, -0.2) is 37.1 Å². The molecule has 120 valence electrons. The van der Waals surface area contributed by atoms with Crippen molar-refractivity contribution in [1.29, 1.82) is 0 Å². The van der Waals surface area contributed by atoms with Crippen molar-refractivity contribution >= 4 is 11.8 Å². The number of guanidine groups is 1. The summed E-state index contributed by atoms with van der Waals surface area (Å²) in [6.45, 7) is 6.98. The van der Waals surface area contributed by atoms with Gasteiger partial charge in [0.1, 0.15) is 5.82 Å². The highest BCUT2D eigenvalue weighted by molar-refractivity contribution is 5.79. The molecule has 0 radical (unpaired) electrons. The van der Waals surface area contributed by atoms with Crippen LogP contribution < -0.4 is 15.5 Å². The first kappa shape index (κ1) is 15.1. The molecule has 1 aromatic heterocycles. The molecule has 0 unspecified atom stereocenters. The molecule has 1 aromatic rings. The van der Waals surface area contributed by atoms with Crippen molar-refractivity contribution in [2.45, 2.75) is 39.2 Å². The van der Waals surface area contributed by atoms with Gasteiger partial charge in [0.25, 0.3) is 0 Å². The summed E-state index contributed by atoms with van der Waals surface area (Å²) >= 11 is 0. The van der Waals surface area contributed by atoms with E-state index in [2.05, 4.69) is 44.6 Å². The molecular weight excluding hydrogens is 274 g/mol. The quantitative estimate of drug-likeness (QED) is 0.624. The zero-order valence-corrected chi connectivity index (χ0v) is 13.5. The first-order valence-electron chi connectivity index (χ1n) is 8.57. The van der Waals surface area contributed by atoms with Gasteiger partial charge in [-0.1, -0.05) is 6.07 Å². The Kier molecular flexibility index (Phi) is 5.14. The number of nitrogens with zero attached hydrogens (tertiary/aromatic N) is 3. The molecule has 0 aromatic carbocycles. The van der Waals surface area contributed by atoms with E-state index in [1.54, 1.807) is 0 Å². The van der Waals surface area contributed by atoms with Crippen molar-refractivity contribution in [3.63, 3.8) is 0 Å². The SMILES string of the molecule is CCNC(=NCc1ccc(N2CCCC2)nc1)NCC1CC1. The fraction of sp³-hybridized carbons (Fsp3) is 0.647. The van der Waals surface area contributed by atoms with E-state index >= 15 is 0 Å². The summed E-state index contributed by atoms with van der Waals surface area (Å²) in [5.74, 6) is 2.87. The van der Waals surface area contributed by atoms with Gasteiger partial charge in [0.15, 0.2) is 5.96 Å². The minimum atomic E-state index is 0.674. The molecule has 1 aliphatic heterocycles. The maximum atomic E-state index is 4.65. The van der Waals surface area contributed by atoms with Gasteiger partial charge in [0.05, 0.1) is 6.54 Å². The Bertz CT molecular complexity index is 486. The molecule has 1 saturated heterocycles. The average Bonchev–Trinajstić information content (AvgIpc) is 3.22. The van der Waals surface area contributed by atoms with E-state index in [0.717, 1.165) is 49.4 Å². The smallest absolute Gasteiger partial charge is 0.191 e. The van der Waals surface area contributed by atoms with Crippen LogP contribution in [0.15, 0.2) is 23.3 Å². The molecule has 2 N–H and O–H groups in total. The van der Waals surface area contributed by atoms with Gasteiger partial charge in [-0.2, -0.15) is 0 Å². The zero-order chi connectivity index (χ0) is 15.2. The molecule has 0 amide bonds. The molecule has 2 aliphatic rings. The Balaban J connectivity index is 1.54.